The van der Waals surface area contributed by atoms with E-state index < -0.39 is 0 Å². The van der Waals surface area contributed by atoms with Crippen molar-refractivity contribution in [2.75, 3.05) is 47.8 Å². The van der Waals surface area contributed by atoms with Gasteiger partial charge in [-0.3, -0.25) is 0 Å². The molecule has 2 aliphatic heterocycles. The van der Waals surface area contributed by atoms with Crippen LogP contribution in [-0.2, 0) is 0 Å². The summed E-state index contributed by atoms with van der Waals surface area (Å²) in [6, 6.07) is 28.1. The summed E-state index contributed by atoms with van der Waals surface area (Å²) in [4.78, 5) is 9.80. The molecule has 5 aromatic rings. The van der Waals surface area contributed by atoms with Gasteiger partial charge in [0.2, 0.25) is 0 Å². The average molecular weight is 691 g/mol. The summed E-state index contributed by atoms with van der Waals surface area (Å²) in [5.74, 6) is 1.03. The quantitative estimate of drug-likeness (QED) is 0.176. The molecule has 0 saturated heterocycles. The summed E-state index contributed by atoms with van der Waals surface area (Å²) < 4.78 is 0. The Labute approximate surface area is 313 Å². The maximum absolute atomic E-state index is 2.48. The Balaban J connectivity index is 1.23. The van der Waals surface area contributed by atoms with Crippen LogP contribution >= 0.6 is 0 Å². The van der Waals surface area contributed by atoms with E-state index in [0.29, 0.717) is 18.0 Å². The van der Waals surface area contributed by atoms with Gasteiger partial charge in [0.25, 0.3) is 0 Å². The topological polar surface area (TPSA) is 13.0 Å². The summed E-state index contributed by atoms with van der Waals surface area (Å²) in [6.07, 6.45) is 0.469. The van der Waals surface area contributed by atoms with Gasteiger partial charge in [-0.05, 0) is 150 Å². The first kappa shape index (κ1) is 35.7. The molecule has 7 rings (SSSR count). The van der Waals surface area contributed by atoms with Gasteiger partial charge in [0.05, 0.1) is 22.7 Å². The van der Waals surface area contributed by atoms with E-state index in [2.05, 4.69) is 190 Å². The number of fused-ring (bicyclic) bond motifs is 2. The summed E-state index contributed by atoms with van der Waals surface area (Å²) in [7, 11) is 8.97. The van der Waals surface area contributed by atoms with Crippen LogP contribution in [0.2, 0.25) is 0 Å². The zero-order valence-electron chi connectivity index (χ0n) is 34.0. The fourth-order valence-electron chi connectivity index (χ4n) is 10.3. The van der Waals surface area contributed by atoms with E-state index in [1.807, 2.05) is 0 Å². The van der Waals surface area contributed by atoms with Gasteiger partial charge in [0.1, 0.15) is 12.3 Å². The zero-order valence-corrected chi connectivity index (χ0v) is 34.0. The lowest BCUT2D eigenvalue weighted by atomic mass is 9.84. The summed E-state index contributed by atoms with van der Waals surface area (Å²) in [5.41, 5.74) is 24.0. The third kappa shape index (κ3) is 5.49. The molecule has 0 N–H and O–H groups in total. The van der Waals surface area contributed by atoms with E-state index in [0.717, 1.165) is 0 Å². The molecule has 4 heteroatoms. The lowest BCUT2D eigenvalue weighted by Gasteiger charge is -2.32. The van der Waals surface area contributed by atoms with Crippen LogP contribution in [0, 0.1) is 47.5 Å². The molecule has 52 heavy (non-hydrogen) atoms. The van der Waals surface area contributed by atoms with Crippen LogP contribution in [-0.4, -0.2) is 34.4 Å². The Kier molecular flexibility index (Phi) is 8.96. The zero-order chi connectivity index (χ0) is 37.5. The highest BCUT2D eigenvalue weighted by atomic mass is 15.4. The van der Waals surface area contributed by atoms with E-state index in [1.165, 1.54) is 101 Å². The van der Waals surface area contributed by atoms with Crippen molar-refractivity contribution in [2.45, 2.75) is 87.5 Å². The van der Waals surface area contributed by atoms with Crippen LogP contribution in [0.1, 0.15) is 84.3 Å². The monoisotopic (exact) mass is 690 g/mol. The Morgan fingerprint density at radius 2 is 0.865 bits per heavy atom. The third-order valence-corrected chi connectivity index (χ3v) is 12.3. The number of aryl methyl sites for hydroxylation is 4. The Hall–Kier alpha value is -4.70. The Morgan fingerprint density at radius 1 is 0.442 bits per heavy atom. The standard InChI is InChI=1S/C48H58N4/c1-27(2)43-29(5)23-30(6)44(33(43)9)35-15-17-36(18-16-35)45-31(7)24-32(8)46(34(45)10)48-50(12)40-22-20-38(26-42(40)52(48)14)37-19-21-39-41(25-37)51(13)47(28(3)4)49(39)11/h15-28,47-48H,1-14H3. The maximum Gasteiger partial charge on any atom is 0.128 e. The van der Waals surface area contributed by atoms with E-state index in [1.54, 1.807) is 0 Å². The van der Waals surface area contributed by atoms with Gasteiger partial charge in [0.15, 0.2) is 0 Å². The SMILES string of the molecule is Cc1cc(C)c(C(C)C)c(C)c1-c1ccc(-c2c(C)cc(C)c(C3N(C)c4ccc(-c5ccc6c(c5)N(C)C(C(C)C)N6C)cc4N3C)c2C)cc1. The minimum atomic E-state index is 0.0998. The second-order valence-electron chi connectivity index (χ2n) is 16.5. The summed E-state index contributed by atoms with van der Waals surface area (Å²) in [6.45, 7) is 22.9. The highest BCUT2D eigenvalue weighted by molar-refractivity contribution is 5.88. The molecule has 2 unspecified atom stereocenters. The van der Waals surface area contributed by atoms with Gasteiger partial charge in [0, 0.05) is 33.8 Å². The van der Waals surface area contributed by atoms with Crippen molar-refractivity contribution >= 4 is 22.7 Å². The molecule has 0 radical (unpaired) electrons. The number of hydrogen-bond donors (Lipinski definition) is 0. The van der Waals surface area contributed by atoms with Gasteiger partial charge in [-0.2, -0.15) is 0 Å². The largest absolute Gasteiger partial charge is 0.352 e. The molecule has 0 aromatic heterocycles. The molecule has 4 nitrogen and oxygen atoms in total. The van der Waals surface area contributed by atoms with E-state index in [9.17, 15) is 0 Å². The highest BCUT2D eigenvalue weighted by Gasteiger charge is 2.36. The van der Waals surface area contributed by atoms with Crippen LogP contribution in [0.4, 0.5) is 22.7 Å². The lowest BCUT2D eigenvalue weighted by Crippen LogP contribution is -2.43. The molecular formula is C48H58N4. The molecule has 2 heterocycles. The molecule has 0 fully saturated rings. The first-order valence-corrected chi connectivity index (χ1v) is 19.1. The van der Waals surface area contributed by atoms with Gasteiger partial charge >= 0.3 is 0 Å². The van der Waals surface area contributed by atoms with Gasteiger partial charge in [-0.1, -0.05) is 76.2 Å². The van der Waals surface area contributed by atoms with Crippen molar-refractivity contribution < 1.29 is 0 Å². The van der Waals surface area contributed by atoms with Crippen molar-refractivity contribution in [3.63, 3.8) is 0 Å². The number of nitrogens with zero attached hydrogens (tertiary/aromatic N) is 4. The molecule has 0 amide bonds. The molecule has 0 spiro atoms. The van der Waals surface area contributed by atoms with E-state index in [-0.39, 0.29) is 6.17 Å². The molecular weight excluding hydrogens is 633 g/mol. The summed E-state index contributed by atoms with van der Waals surface area (Å²) in [5, 5.41) is 0. The molecule has 270 valence electrons. The predicted octanol–water partition coefficient (Wildman–Crippen LogP) is 12.1. The molecule has 0 aliphatic carbocycles. The van der Waals surface area contributed by atoms with Crippen molar-refractivity contribution in [3.05, 3.63) is 117 Å². The van der Waals surface area contributed by atoms with Crippen molar-refractivity contribution in [2.24, 2.45) is 5.92 Å². The maximum atomic E-state index is 2.48. The molecule has 2 atom stereocenters. The number of anilines is 4. The van der Waals surface area contributed by atoms with Crippen molar-refractivity contribution in [1.29, 1.82) is 0 Å². The normalized spacial score (nSPS) is 16.8. The average Bonchev–Trinajstić information content (AvgIpc) is 3.48. The van der Waals surface area contributed by atoms with Gasteiger partial charge < -0.3 is 19.6 Å². The van der Waals surface area contributed by atoms with Crippen LogP contribution in [0.5, 0.6) is 0 Å². The summed E-state index contributed by atoms with van der Waals surface area (Å²) >= 11 is 0. The van der Waals surface area contributed by atoms with Crippen LogP contribution < -0.4 is 19.6 Å². The Morgan fingerprint density at radius 3 is 1.38 bits per heavy atom. The van der Waals surface area contributed by atoms with Crippen molar-refractivity contribution in [1.82, 2.24) is 0 Å². The predicted molar refractivity (Wildman–Crippen MR) is 227 cm³/mol. The van der Waals surface area contributed by atoms with Crippen LogP contribution in [0.25, 0.3) is 33.4 Å². The first-order valence-electron chi connectivity index (χ1n) is 19.1. The molecule has 0 bridgehead atoms. The Bertz CT molecular complexity index is 2190. The van der Waals surface area contributed by atoms with Crippen molar-refractivity contribution in [3.8, 4) is 33.4 Å². The molecule has 0 saturated carbocycles. The minimum Gasteiger partial charge on any atom is -0.352 e. The smallest absolute Gasteiger partial charge is 0.128 e. The first-order chi connectivity index (χ1) is 24.6. The van der Waals surface area contributed by atoms with Gasteiger partial charge in [-0.25, -0.2) is 0 Å². The highest BCUT2D eigenvalue weighted by Crippen LogP contribution is 2.50. The fraction of sp³-hybridized carbons (Fsp3) is 0.375. The fourth-order valence-corrected chi connectivity index (χ4v) is 10.3. The lowest BCUT2D eigenvalue weighted by molar-refractivity contribution is 0.484. The van der Waals surface area contributed by atoms with Gasteiger partial charge in [-0.15, -0.1) is 0 Å². The van der Waals surface area contributed by atoms with Crippen LogP contribution in [0.15, 0.2) is 72.8 Å². The van der Waals surface area contributed by atoms with E-state index in [4.69, 9.17) is 0 Å². The van der Waals surface area contributed by atoms with Crippen LogP contribution in [0.3, 0.4) is 0 Å². The minimum absolute atomic E-state index is 0.0998. The van der Waals surface area contributed by atoms with E-state index >= 15 is 0 Å². The number of rotatable bonds is 6. The number of benzene rings is 5. The third-order valence-electron chi connectivity index (χ3n) is 12.3. The second-order valence-corrected chi connectivity index (χ2v) is 16.5. The second kappa shape index (κ2) is 13.1. The number of hydrogen-bond acceptors (Lipinski definition) is 4. The molecule has 2 aliphatic rings. The molecule has 5 aromatic carbocycles.